The van der Waals surface area contributed by atoms with Crippen LogP contribution in [0.3, 0.4) is 0 Å². The molecule has 110 valence electrons. The van der Waals surface area contributed by atoms with Gasteiger partial charge in [-0.1, -0.05) is 12.1 Å². The first-order valence-corrected chi connectivity index (χ1v) is 7.44. The highest BCUT2D eigenvalue weighted by Crippen LogP contribution is 2.19. The van der Waals surface area contributed by atoms with Crippen LogP contribution >= 0.6 is 0 Å². The lowest BCUT2D eigenvalue weighted by Crippen LogP contribution is -2.17. The molecule has 1 unspecified atom stereocenters. The van der Waals surface area contributed by atoms with Gasteiger partial charge in [0.25, 0.3) is 0 Å². The Labute approximate surface area is 125 Å². The van der Waals surface area contributed by atoms with Gasteiger partial charge in [0.15, 0.2) is 0 Å². The van der Waals surface area contributed by atoms with Crippen LogP contribution in [0.4, 0.5) is 0 Å². The molecule has 0 saturated carbocycles. The van der Waals surface area contributed by atoms with E-state index < -0.39 is 0 Å². The van der Waals surface area contributed by atoms with Crippen molar-refractivity contribution in [2.24, 2.45) is 12.8 Å². The molecule has 0 bridgehead atoms. The standard InChI is InChI=1S/C17H22N4/c1-13(18)11-14-3-4-15-6-9-21(17(15)12-14)10-7-16-5-8-19-20(16)2/h3-6,8-9,12-13H,7,10-11,18H2,1-2H3. The quantitative estimate of drug-likeness (QED) is 0.781. The van der Waals surface area contributed by atoms with Crippen molar-refractivity contribution in [1.82, 2.24) is 14.3 Å². The Kier molecular flexibility index (Phi) is 3.80. The summed E-state index contributed by atoms with van der Waals surface area (Å²) in [4.78, 5) is 0. The Balaban J connectivity index is 1.83. The number of hydrogen-bond donors (Lipinski definition) is 1. The summed E-state index contributed by atoms with van der Waals surface area (Å²) in [5.41, 5.74) is 9.75. The number of aromatic nitrogens is 3. The average Bonchev–Trinajstić information content (AvgIpc) is 3.02. The van der Waals surface area contributed by atoms with E-state index >= 15 is 0 Å². The lowest BCUT2D eigenvalue weighted by Gasteiger charge is -2.09. The van der Waals surface area contributed by atoms with Crippen LogP contribution in [0.5, 0.6) is 0 Å². The van der Waals surface area contributed by atoms with Gasteiger partial charge in [0, 0.05) is 49.7 Å². The van der Waals surface area contributed by atoms with Crippen molar-refractivity contribution >= 4 is 10.9 Å². The minimum Gasteiger partial charge on any atom is -0.347 e. The van der Waals surface area contributed by atoms with E-state index in [1.165, 1.54) is 22.2 Å². The molecule has 4 nitrogen and oxygen atoms in total. The van der Waals surface area contributed by atoms with Gasteiger partial charge in [-0.3, -0.25) is 4.68 Å². The number of rotatable bonds is 5. The lowest BCUT2D eigenvalue weighted by molar-refractivity contribution is 0.649. The van der Waals surface area contributed by atoms with Crippen LogP contribution in [0.1, 0.15) is 18.2 Å². The molecule has 4 heteroatoms. The summed E-state index contributed by atoms with van der Waals surface area (Å²) >= 11 is 0. The molecule has 0 aliphatic carbocycles. The Morgan fingerprint density at radius 1 is 1.24 bits per heavy atom. The van der Waals surface area contributed by atoms with Gasteiger partial charge >= 0.3 is 0 Å². The van der Waals surface area contributed by atoms with Crippen molar-refractivity contribution in [2.45, 2.75) is 32.4 Å². The molecule has 21 heavy (non-hydrogen) atoms. The summed E-state index contributed by atoms with van der Waals surface area (Å²) in [5.74, 6) is 0. The molecule has 0 aliphatic heterocycles. The smallest absolute Gasteiger partial charge is 0.0492 e. The number of aryl methyl sites for hydroxylation is 3. The first-order valence-electron chi connectivity index (χ1n) is 7.44. The normalized spacial score (nSPS) is 12.9. The molecule has 0 spiro atoms. The molecule has 3 rings (SSSR count). The van der Waals surface area contributed by atoms with Gasteiger partial charge < -0.3 is 10.3 Å². The van der Waals surface area contributed by atoms with Crippen molar-refractivity contribution < 1.29 is 0 Å². The van der Waals surface area contributed by atoms with E-state index in [1.54, 1.807) is 0 Å². The van der Waals surface area contributed by atoms with Crippen LogP contribution in [-0.2, 0) is 26.4 Å². The fourth-order valence-electron chi connectivity index (χ4n) is 2.80. The van der Waals surface area contributed by atoms with E-state index in [1.807, 2.05) is 24.9 Å². The van der Waals surface area contributed by atoms with Crippen LogP contribution in [0.15, 0.2) is 42.7 Å². The van der Waals surface area contributed by atoms with E-state index in [-0.39, 0.29) is 6.04 Å². The largest absolute Gasteiger partial charge is 0.347 e. The van der Waals surface area contributed by atoms with Gasteiger partial charge in [-0.15, -0.1) is 0 Å². The molecule has 3 aromatic rings. The second kappa shape index (κ2) is 5.74. The van der Waals surface area contributed by atoms with Crippen molar-refractivity contribution in [3.8, 4) is 0 Å². The summed E-state index contributed by atoms with van der Waals surface area (Å²) in [7, 11) is 1.99. The Morgan fingerprint density at radius 2 is 2.10 bits per heavy atom. The van der Waals surface area contributed by atoms with Crippen LogP contribution in [0.25, 0.3) is 10.9 Å². The zero-order chi connectivity index (χ0) is 14.8. The summed E-state index contributed by atoms with van der Waals surface area (Å²) in [5, 5.41) is 5.50. The molecule has 0 aliphatic rings. The third kappa shape index (κ3) is 3.00. The van der Waals surface area contributed by atoms with Gasteiger partial charge in [0.2, 0.25) is 0 Å². The lowest BCUT2D eigenvalue weighted by atomic mass is 10.1. The van der Waals surface area contributed by atoms with Crippen LogP contribution in [-0.4, -0.2) is 20.4 Å². The fourth-order valence-corrected chi connectivity index (χ4v) is 2.80. The zero-order valence-corrected chi connectivity index (χ0v) is 12.7. The molecular weight excluding hydrogens is 260 g/mol. The number of fused-ring (bicyclic) bond motifs is 1. The number of hydrogen-bond acceptors (Lipinski definition) is 2. The first kappa shape index (κ1) is 13.9. The van der Waals surface area contributed by atoms with Crippen molar-refractivity contribution in [3.05, 3.63) is 54.0 Å². The maximum Gasteiger partial charge on any atom is 0.0492 e. The van der Waals surface area contributed by atoms with Crippen LogP contribution < -0.4 is 5.73 Å². The van der Waals surface area contributed by atoms with E-state index in [2.05, 4.69) is 46.2 Å². The summed E-state index contributed by atoms with van der Waals surface area (Å²) in [6.07, 6.45) is 5.92. The van der Waals surface area contributed by atoms with Crippen LogP contribution in [0, 0.1) is 0 Å². The SMILES string of the molecule is CC(N)Cc1ccc2ccn(CCc3ccnn3C)c2c1. The highest BCUT2D eigenvalue weighted by Gasteiger charge is 2.05. The summed E-state index contributed by atoms with van der Waals surface area (Å²) < 4.78 is 4.25. The average molecular weight is 282 g/mol. The molecule has 2 N–H and O–H groups in total. The van der Waals surface area contributed by atoms with E-state index in [4.69, 9.17) is 5.73 Å². The van der Waals surface area contributed by atoms with Gasteiger partial charge in [-0.25, -0.2) is 0 Å². The highest BCUT2D eigenvalue weighted by molar-refractivity contribution is 5.80. The zero-order valence-electron chi connectivity index (χ0n) is 12.7. The molecule has 1 atom stereocenters. The van der Waals surface area contributed by atoms with Crippen molar-refractivity contribution in [2.75, 3.05) is 0 Å². The van der Waals surface area contributed by atoms with Gasteiger partial charge in [0.05, 0.1) is 0 Å². The predicted octanol–water partition coefficient (Wildman–Crippen LogP) is 2.51. The predicted molar refractivity (Wildman–Crippen MR) is 86.2 cm³/mol. The Morgan fingerprint density at radius 3 is 2.81 bits per heavy atom. The summed E-state index contributed by atoms with van der Waals surface area (Å²) in [6.45, 7) is 3.01. The molecular formula is C17H22N4. The third-order valence-electron chi connectivity index (χ3n) is 3.93. The second-order valence-electron chi connectivity index (χ2n) is 5.78. The van der Waals surface area contributed by atoms with Gasteiger partial charge in [-0.2, -0.15) is 5.10 Å². The first-order chi connectivity index (χ1) is 10.1. The molecule has 1 aromatic carbocycles. The number of nitrogens with zero attached hydrogens (tertiary/aromatic N) is 3. The van der Waals surface area contributed by atoms with Gasteiger partial charge in [0.1, 0.15) is 0 Å². The molecule has 2 heterocycles. The highest BCUT2D eigenvalue weighted by atomic mass is 15.3. The van der Waals surface area contributed by atoms with E-state index in [0.29, 0.717) is 0 Å². The Hall–Kier alpha value is -2.07. The van der Waals surface area contributed by atoms with Crippen LogP contribution in [0.2, 0.25) is 0 Å². The fraction of sp³-hybridized carbons (Fsp3) is 0.353. The maximum absolute atomic E-state index is 5.90. The topological polar surface area (TPSA) is 48.8 Å². The van der Waals surface area contributed by atoms with Crippen molar-refractivity contribution in [3.63, 3.8) is 0 Å². The molecule has 0 radical (unpaired) electrons. The monoisotopic (exact) mass is 282 g/mol. The second-order valence-corrected chi connectivity index (χ2v) is 5.78. The minimum atomic E-state index is 0.195. The number of benzene rings is 1. The minimum absolute atomic E-state index is 0.195. The van der Waals surface area contributed by atoms with E-state index in [9.17, 15) is 0 Å². The molecule has 2 aromatic heterocycles. The van der Waals surface area contributed by atoms with E-state index in [0.717, 1.165) is 19.4 Å². The van der Waals surface area contributed by atoms with Crippen molar-refractivity contribution in [1.29, 1.82) is 0 Å². The Bertz CT molecular complexity index is 736. The molecule has 0 saturated heterocycles. The molecule has 0 amide bonds. The summed E-state index contributed by atoms with van der Waals surface area (Å²) in [6, 6.07) is 11.1. The van der Waals surface area contributed by atoms with Gasteiger partial charge in [-0.05, 0) is 42.5 Å². The third-order valence-corrected chi connectivity index (χ3v) is 3.93. The maximum atomic E-state index is 5.90. The molecule has 0 fully saturated rings. The number of nitrogens with two attached hydrogens (primary N) is 1.